The van der Waals surface area contributed by atoms with E-state index in [0.29, 0.717) is 0 Å². The van der Waals surface area contributed by atoms with Crippen LogP contribution in [0.25, 0.3) is 10.8 Å². The summed E-state index contributed by atoms with van der Waals surface area (Å²) < 4.78 is 0. The summed E-state index contributed by atoms with van der Waals surface area (Å²) in [5.41, 5.74) is 2.22. The fourth-order valence-electron chi connectivity index (χ4n) is 2.12. The molecule has 0 aliphatic rings. The number of pyridine rings is 1. The molecule has 0 unspecified atom stereocenters. The number of aromatic hydroxyl groups is 1. The molecule has 3 nitrogen and oxygen atoms in total. The van der Waals surface area contributed by atoms with Crippen LogP contribution < -0.4 is 5.32 Å². The van der Waals surface area contributed by atoms with E-state index in [2.05, 4.69) is 22.4 Å². The molecule has 0 amide bonds. The lowest BCUT2D eigenvalue weighted by Crippen LogP contribution is -1.99. The Morgan fingerprint density at radius 1 is 1.00 bits per heavy atom. The fraction of sp³-hybridized carbons (Fsp3) is 0.0625. The minimum Gasteiger partial charge on any atom is -0.508 e. The predicted octanol–water partition coefficient (Wildman–Crippen LogP) is 3.55. The molecule has 3 heteroatoms. The summed E-state index contributed by atoms with van der Waals surface area (Å²) in [7, 11) is 0. The number of nitrogens with one attached hydrogen (secondary N) is 1. The molecule has 0 saturated carbocycles. The fourth-order valence-corrected chi connectivity index (χ4v) is 2.12. The summed E-state index contributed by atoms with van der Waals surface area (Å²) in [6, 6.07) is 15.3. The number of phenols is 1. The predicted molar refractivity (Wildman–Crippen MR) is 77.2 cm³/mol. The van der Waals surface area contributed by atoms with E-state index in [1.807, 2.05) is 36.7 Å². The van der Waals surface area contributed by atoms with Gasteiger partial charge in [0.05, 0.1) is 0 Å². The molecule has 0 atom stereocenters. The van der Waals surface area contributed by atoms with Crippen LogP contribution in [0, 0.1) is 0 Å². The van der Waals surface area contributed by atoms with Gasteiger partial charge < -0.3 is 10.4 Å². The Labute approximate surface area is 111 Å². The molecule has 3 rings (SSSR count). The number of anilines is 1. The van der Waals surface area contributed by atoms with Crippen molar-refractivity contribution in [1.29, 1.82) is 0 Å². The molecule has 0 radical (unpaired) electrons. The molecular formula is C16H14N2O. The summed E-state index contributed by atoms with van der Waals surface area (Å²) in [6.07, 6.45) is 3.69. The van der Waals surface area contributed by atoms with E-state index in [0.717, 1.165) is 17.6 Å². The monoisotopic (exact) mass is 250 g/mol. The number of aromatic nitrogens is 1. The van der Waals surface area contributed by atoms with Gasteiger partial charge in [0, 0.05) is 30.0 Å². The molecule has 19 heavy (non-hydrogen) atoms. The smallest absolute Gasteiger partial charge is 0.115 e. The van der Waals surface area contributed by atoms with Crippen LogP contribution >= 0.6 is 0 Å². The van der Waals surface area contributed by atoms with Crippen molar-refractivity contribution in [3.05, 3.63) is 66.5 Å². The first-order valence-corrected chi connectivity index (χ1v) is 6.17. The number of phenolic OH excluding ortho intramolecular Hbond substituents is 1. The Balaban J connectivity index is 1.84. The summed E-state index contributed by atoms with van der Waals surface area (Å²) >= 11 is 0. The maximum Gasteiger partial charge on any atom is 0.115 e. The van der Waals surface area contributed by atoms with Gasteiger partial charge in [-0.05, 0) is 41.3 Å². The van der Waals surface area contributed by atoms with Crippen molar-refractivity contribution in [3.8, 4) is 5.75 Å². The van der Waals surface area contributed by atoms with Crippen LogP contribution in [-0.2, 0) is 6.54 Å². The Hall–Kier alpha value is -2.55. The molecule has 0 bridgehead atoms. The van der Waals surface area contributed by atoms with Gasteiger partial charge in [0.25, 0.3) is 0 Å². The van der Waals surface area contributed by atoms with Gasteiger partial charge >= 0.3 is 0 Å². The van der Waals surface area contributed by atoms with Crippen molar-refractivity contribution in [3.63, 3.8) is 0 Å². The van der Waals surface area contributed by atoms with Crippen molar-refractivity contribution in [2.45, 2.75) is 6.54 Å². The van der Waals surface area contributed by atoms with Crippen molar-refractivity contribution in [2.24, 2.45) is 0 Å². The molecule has 0 spiro atoms. The molecule has 94 valence electrons. The van der Waals surface area contributed by atoms with Crippen LogP contribution in [0.3, 0.4) is 0 Å². The van der Waals surface area contributed by atoms with Gasteiger partial charge in [0.1, 0.15) is 5.75 Å². The molecule has 2 aromatic carbocycles. The molecule has 1 aromatic heterocycles. The van der Waals surface area contributed by atoms with E-state index in [9.17, 15) is 5.11 Å². The van der Waals surface area contributed by atoms with E-state index < -0.39 is 0 Å². The standard InChI is InChI=1S/C16H14N2O/c19-15-6-4-14(5-7-15)18-11-13-3-1-2-12-10-17-9-8-16(12)13/h1-10,18-19H,11H2. The number of fused-ring (bicyclic) bond motifs is 1. The molecule has 3 aromatic rings. The van der Waals surface area contributed by atoms with E-state index in [-0.39, 0.29) is 5.75 Å². The largest absolute Gasteiger partial charge is 0.508 e. The van der Waals surface area contributed by atoms with Gasteiger partial charge in [0.15, 0.2) is 0 Å². The zero-order valence-electron chi connectivity index (χ0n) is 10.4. The van der Waals surface area contributed by atoms with E-state index >= 15 is 0 Å². The number of benzene rings is 2. The summed E-state index contributed by atoms with van der Waals surface area (Å²) in [5, 5.41) is 15.0. The minimum absolute atomic E-state index is 0.279. The molecular weight excluding hydrogens is 236 g/mol. The summed E-state index contributed by atoms with van der Waals surface area (Å²) in [5.74, 6) is 0.279. The van der Waals surface area contributed by atoms with Crippen LogP contribution in [-0.4, -0.2) is 10.1 Å². The van der Waals surface area contributed by atoms with Crippen LogP contribution in [0.15, 0.2) is 60.9 Å². The molecule has 2 N–H and O–H groups in total. The second-order valence-corrected chi connectivity index (χ2v) is 4.41. The van der Waals surface area contributed by atoms with Crippen molar-refractivity contribution in [1.82, 2.24) is 4.98 Å². The summed E-state index contributed by atoms with van der Waals surface area (Å²) in [4.78, 5) is 4.13. The van der Waals surface area contributed by atoms with Crippen LogP contribution in [0.2, 0.25) is 0 Å². The van der Waals surface area contributed by atoms with Crippen molar-refractivity contribution >= 4 is 16.5 Å². The number of nitrogens with zero attached hydrogens (tertiary/aromatic N) is 1. The quantitative estimate of drug-likeness (QED) is 0.699. The van der Waals surface area contributed by atoms with Gasteiger partial charge in [-0.1, -0.05) is 18.2 Å². The number of hydrogen-bond donors (Lipinski definition) is 2. The lowest BCUT2D eigenvalue weighted by molar-refractivity contribution is 0.475. The van der Waals surface area contributed by atoms with E-state index in [1.54, 1.807) is 12.1 Å². The lowest BCUT2D eigenvalue weighted by atomic mass is 10.1. The maximum atomic E-state index is 9.25. The highest BCUT2D eigenvalue weighted by atomic mass is 16.3. The zero-order valence-corrected chi connectivity index (χ0v) is 10.4. The van der Waals surface area contributed by atoms with E-state index in [1.165, 1.54) is 10.9 Å². The first-order chi connectivity index (χ1) is 9.33. The third-order valence-corrected chi connectivity index (χ3v) is 3.12. The molecule has 0 saturated heterocycles. The van der Waals surface area contributed by atoms with Gasteiger partial charge in [0.2, 0.25) is 0 Å². The topological polar surface area (TPSA) is 45.1 Å². The first-order valence-electron chi connectivity index (χ1n) is 6.17. The summed E-state index contributed by atoms with van der Waals surface area (Å²) in [6.45, 7) is 0.742. The van der Waals surface area contributed by atoms with Gasteiger partial charge in [-0.15, -0.1) is 0 Å². The zero-order chi connectivity index (χ0) is 13.1. The number of hydrogen-bond acceptors (Lipinski definition) is 3. The first kappa shape index (κ1) is 11.5. The maximum absolute atomic E-state index is 9.25. The highest BCUT2D eigenvalue weighted by Gasteiger charge is 2.00. The Morgan fingerprint density at radius 3 is 2.68 bits per heavy atom. The SMILES string of the molecule is Oc1ccc(NCc2cccc3cnccc23)cc1. The Morgan fingerprint density at radius 2 is 1.84 bits per heavy atom. The Bertz CT molecular complexity index is 687. The van der Waals surface area contributed by atoms with Crippen molar-refractivity contribution < 1.29 is 5.11 Å². The second kappa shape index (κ2) is 4.98. The van der Waals surface area contributed by atoms with Gasteiger partial charge in [-0.25, -0.2) is 0 Å². The van der Waals surface area contributed by atoms with E-state index in [4.69, 9.17) is 0 Å². The Kier molecular flexibility index (Phi) is 3.02. The highest BCUT2D eigenvalue weighted by Crippen LogP contribution is 2.19. The third kappa shape index (κ3) is 2.50. The average Bonchev–Trinajstić information content (AvgIpc) is 2.47. The molecule has 0 aliphatic heterocycles. The van der Waals surface area contributed by atoms with Crippen LogP contribution in [0.1, 0.15) is 5.56 Å². The van der Waals surface area contributed by atoms with Crippen LogP contribution in [0.5, 0.6) is 5.75 Å². The van der Waals surface area contributed by atoms with Crippen LogP contribution in [0.4, 0.5) is 5.69 Å². The number of rotatable bonds is 3. The van der Waals surface area contributed by atoms with Gasteiger partial charge in [-0.3, -0.25) is 4.98 Å². The second-order valence-electron chi connectivity index (χ2n) is 4.41. The van der Waals surface area contributed by atoms with Crippen molar-refractivity contribution in [2.75, 3.05) is 5.32 Å². The molecule has 0 fully saturated rings. The lowest BCUT2D eigenvalue weighted by Gasteiger charge is -2.09. The normalized spacial score (nSPS) is 10.5. The minimum atomic E-state index is 0.279. The molecule has 0 aliphatic carbocycles. The average molecular weight is 250 g/mol. The van der Waals surface area contributed by atoms with Gasteiger partial charge in [-0.2, -0.15) is 0 Å². The third-order valence-electron chi connectivity index (χ3n) is 3.12. The highest BCUT2D eigenvalue weighted by molar-refractivity contribution is 5.84. The molecule has 1 heterocycles.